The van der Waals surface area contributed by atoms with Gasteiger partial charge in [-0.3, -0.25) is 9.80 Å². The molecule has 0 radical (unpaired) electrons. The first-order chi connectivity index (χ1) is 7.96. The fraction of sp³-hybridized carbons (Fsp3) is 0.857. The van der Waals surface area contributed by atoms with Gasteiger partial charge < -0.3 is 0 Å². The summed E-state index contributed by atoms with van der Waals surface area (Å²) in [6, 6.07) is 0. The second-order valence-corrected chi connectivity index (χ2v) is 6.43. The molecule has 102 valence electrons. The molecule has 0 bridgehead atoms. The lowest BCUT2D eigenvalue weighted by Gasteiger charge is -2.48. The monoisotopic (exact) mass is 256 g/mol. The summed E-state index contributed by atoms with van der Waals surface area (Å²) in [7, 11) is 1.13. The third-order valence-corrected chi connectivity index (χ3v) is 4.41. The molecule has 0 unspecified atom stereocenters. The predicted octanol–water partition coefficient (Wildman–Crippen LogP) is 2.05. The smallest absolute Gasteiger partial charge is 0.0711 e. The van der Waals surface area contributed by atoms with Crippen LogP contribution < -0.4 is 0 Å². The van der Waals surface area contributed by atoms with E-state index < -0.39 is 0 Å². The van der Waals surface area contributed by atoms with E-state index in [1.165, 1.54) is 18.0 Å². The molecule has 0 heterocycles. The molecule has 0 aromatic carbocycles. The molecule has 0 fully saturated rings. The maximum absolute atomic E-state index is 4.10. The Morgan fingerprint density at radius 2 is 1.35 bits per heavy atom. The van der Waals surface area contributed by atoms with Gasteiger partial charge in [-0.1, -0.05) is 32.9 Å². The highest BCUT2D eigenvalue weighted by atomic mass is 28.1. The molecule has 0 N–H and O–H groups in total. The van der Waals surface area contributed by atoms with Gasteiger partial charge >= 0.3 is 0 Å². The highest BCUT2D eigenvalue weighted by Crippen LogP contribution is 2.26. The van der Waals surface area contributed by atoms with Crippen LogP contribution in [0.1, 0.15) is 47.5 Å². The van der Waals surface area contributed by atoms with Gasteiger partial charge in [0.15, 0.2) is 0 Å². The number of rotatable bonds is 9. The molecule has 0 aromatic heterocycles. The SMILES string of the molecule is C=C([SiH3])CCC(C)(N(CC)CC)N(CC)CC. The molecule has 3 heteroatoms. The molecular formula is C14H32N2Si. The highest BCUT2D eigenvalue weighted by molar-refractivity contribution is 6.21. The fourth-order valence-electron chi connectivity index (χ4n) is 2.78. The number of allylic oxidation sites excluding steroid dienone is 1. The molecule has 0 saturated heterocycles. The second kappa shape index (κ2) is 8.06. The van der Waals surface area contributed by atoms with Crippen LogP contribution in [0.4, 0.5) is 0 Å². The zero-order chi connectivity index (χ0) is 13.5. The van der Waals surface area contributed by atoms with E-state index in [0.717, 1.165) is 36.4 Å². The molecule has 0 aromatic rings. The normalized spacial score (nSPS) is 12.6. The average molecular weight is 257 g/mol. The molecule has 2 nitrogen and oxygen atoms in total. The van der Waals surface area contributed by atoms with Crippen LogP contribution in [-0.2, 0) is 0 Å². The van der Waals surface area contributed by atoms with E-state index in [2.05, 4.69) is 51.0 Å². The van der Waals surface area contributed by atoms with Crippen LogP contribution in [0, 0.1) is 0 Å². The summed E-state index contributed by atoms with van der Waals surface area (Å²) in [4.78, 5) is 5.18. The lowest BCUT2D eigenvalue weighted by Crippen LogP contribution is -2.58. The second-order valence-electron chi connectivity index (χ2n) is 5.02. The van der Waals surface area contributed by atoms with Crippen molar-refractivity contribution in [3.05, 3.63) is 11.8 Å². The van der Waals surface area contributed by atoms with Crippen molar-refractivity contribution in [2.75, 3.05) is 26.2 Å². The minimum Gasteiger partial charge on any atom is -0.286 e. The lowest BCUT2D eigenvalue weighted by atomic mass is 10.0. The van der Waals surface area contributed by atoms with Gasteiger partial charge in [-0.25, -0.2) is 0 Å². The van der Waals surface area contributed by atoms with Crippen molar-refractivity contribution in [3.8, 4) is 0 Å². The van der Waals surface area contributed by atoms with E-state index in [9.17, 15) is 0 Å². The van der Waals surface area contributed by atoms with Crippen molar-refractivity contribution in [1.82, 2.24) is 9.80 Å². The van der Waals surface area contributed by atoms with Gasteiger partial charge in [0.05, 0.1) is 5.66 Å². The maximum Gasteiger partial charge on any atom is 0.0711 e. The molecule has 0 aliphatic carbocycles. The minimum absolute atomic E-state index is 0.195. The largest absolute Gasteiger partial charge is 0.286 e. The maximum atomic E-state index is 4.10. The van der Waals surface area contributed by atoms with Crippen LogP contribution in [0.15, 0.2) is 11.8 Å². The van der Waals surface area contributed by atoms with Crippen LogP contribution in [-0.4, -0.2) is 51.9 Å². The topological polar surface area (TPSA) is 6.48 Å². The Labute approximate surface area is 111 Å². The average Bonchev–Trinajstić information content (AvgIpc) is 2.29. The predicted molar refractivity (Wildman–Crippen MR) is 82.6 cm³/mol. The van der Waals surface area contributed by atoms with E-state index in [4.69, 9.17) is 0 Å². The number of hydrogen-bond donors (Lipinski definition) is 0. The molecule has 0 aliphatic rings. The van der Waals surface area contributed by atoms with Gasteiger partial charge in [0, 0.05) is 10.2 Å². The van der Waals surface area contributed by atoms with Crippen molar-refractivity contribution < 1.29 is 0 Å². The van der Waals surface area contributed by atoms with Crippen molar-refractivity contribution in [3.63, 3.8) is 0 Å². The quantitative estimate of drug-likeness (QED) is 0.460. The molecule has 0 saturated carbocycles. The van der Waals surface area contributed by atoms with Crippen LogP contribution in [0.25, 0.3) is 0 Å². The van der Waals surface area contributed by atoms with Crippen LogP contribution >= 0.6 is 0 Å². The van der Waals surface area contributed by atoms with Gasteiger partial charge in [0.2, 0.25) is 0 Å². The first kappa shape index (κ1) is 16.9. The van der Waals surface area contributed by atoms with Gasteiger partial charge in [-0.2, -0.15) is 0 Å². The van der Waals surface area contributed by atoms with Crippen LogP contribution in [0.3, 0.4) is 0 Å². The van der Waals surface area contributed by atoms with E-state index in [-0.39, 0.29) is 5.66 Å². The van der Waals surface area contributed by atoms with E-state index in [1.54, 1.807) is 0 Å². The summed E-state index contributed by atoms with van der Waals surface area (Å²) in [6.45, 7) is 20.1. The van der Waals surface area contributed by atoms with Crippen LogP contribution in [0.2, 0.25) is 0 Å². The Morgan fingerprint density at radius 3 is 1.59 bits per heavy atom. The molecular weight excluding hydrogens is 224 g/mol. The van der Waals surface area contributed by atoms with Gasteiger partial charge in [-0.15, -0.1) is 6.58 Å². The standard InChI is InChI=1S/C14H32N2Si/c1-7-15(8-2)14(6,12-11-13(5)17)16(9-3)10-4/h5,7-12H2,1-4,6,17H3. The summed E-state index contributed by atoms with van der Waals surface area (Å²) in [5, 5.41) is 1.43. The summed E-state index contributed by atoms with van der Waals surface area (Å²) in [5.41, 5.74) is 0.195. The molecule has 0 spiro atoms. The first-order valence-electron chi connectivity index (χ1n) is 7.10. The van der Waals surface area contributed by atoms with Gasteiger partial charge in [-0.05, 0) is 45.9 Å². The number of nitrogens with zero attached hydrogens (tertiary/aromatic N) is 2. The Morgan fingerprint density at radius 1 is 1.00 bits per heavy atom. The molecule has 0 amide bonds. The summed E-state index contributed by atoms with van der Waals surface area (Å²) >= 11 is 0. The highest BCUT2D eigenvalue weighted by Gasteiger charge is 2.34. The first-order valence-corrected chi connectivity index (χ1v) is 8.10. The summed E-state index contributed by atoms with van der Waals surface area (Å²) < 4.78 is 0. The fourth-order valence-corrected chi connectivity index (χ4v) is 3.03. The Balaban J connectivity index is 4.95. The summed E-state index contributed by atoms with van der Waals surface area (Å²) in [6.07, 6.45) is 2.38. The minimum atomic E-state index is 0.195. The van der Waals surface area contributed by atoms with Crippen molar-refractivity contribution in [2.45, 2.75) is 53.1 Å². The zero-order valence-corrected chi connectivity index (χ0v) is 14.8. The van der Waals surface area contributed by atoms with Gasteiger partial charge in [0.25, 0.3) is 0 Å². The molecule has 0 atom stereocenters. The third-order valence-electron chi connectivity index (χ3n) is 3.91. The molecule has 0 aliphatic heterocycles. The Bertz CT molecular complexity index is 208. The number of hydrogen-bond acceptors (Lipinski definition) is 2. The van der Waals surface area contributed by atoms with Gasteiger partial charge in [0.1, 0.15) is 0 Å². The molecule has 17 heavy (non-hydrogen) atoms. The van der Waals surface area contributed by atoms with Crippen LogP contribution in [0.5, 0.6) is 0 Å². The zero-order valence-electron chi connectivity index (χ0n) is 12.8. The third kappa shape index (κ3) is 4.57. The Hall–Kier alpha value is -0.123. The van der Waals surface area contributed by atoms with E-state index in [1.807, 2.05) is 0 Å². The van der Waals surface area contributed by atoms with E-state index in [0.29, 0.717) is 0 Å². The van der Waals surface area contributed by atoms with E-state index >= 15 is 0 Å². The lowest BCUT2D eigenvalue weighted by molar-refractivity contribution is -0.0416. The molecule has 0 rings (SSSR count). The van der Waals surface area contributed by atoms with Crippen molar-refractivity contribution in [2.24, 2.45) is 0 Å². The van der Waals surface area contributed by atoms with Crippen molar-refractivity contribution >= 4 is 10.2 Å². The summed E-state index contributed by atoms with van der Waals surface area (Å²) in [5.74, 6) is 0. The Kier molecular flexibility index (Phi) is 8.00. The van der Waals surface area contributed by atoms with Crippen molar-refractivity contribution in [1.29, 1.82) is 0 Å².